The first kappa shape index (κ1) is 21.2. The van der Waals surface area contributed by atoms with Crippen molar-refractivity contribution < 1.29 is 5.11 Å². The number of phenols is 1. The molecule has 0 atom stereocenters. The van der Waals surface area contributed by atoms with Gasteiger partial charge in [-0.2, -0.15) is 0 Å². The van der Waals surface area contributed by atoms with Gasteiger partial charge in [-0.1, -0.05) is 60.7 Å². The van der Waals surface area contributed by atoms with Crippen molar-refractivity contribution >= 4 is 21.8 Å². The number of phenolic OH excluding ortho intramolecular Hbond substituents is 1. The fraction of sp³-hybridized carbons (Fsp3) is 0. The van der Waals surface area contributed by atoms with Crippen molar-refractivity contribution in [3.8, 4) is 45.3 Å². The van der Waals surface area contributed by atoms with Crippen molar-refractivity contribution in [1.82, 2.24) is 14.5 Å². The fourth-order valence-corrected chi connectivity index (χ4v) is 5.14. The lowest BCUT2D eigenvalue weighted by Crippen LogP contribution is -1.93. The Kier molecular flexibility index (Phi) is 4.90. The van der Waals surface area contributed by atoms with Crippen molar-refractivity contribution in [2.24, 2.45) is 0 Å². The molecule has 0 saturated carbocycles. The Morgan fingerprint density at radius 1 is 0.568 bits per heavy atom. The van der Waals surface area contributed by atoms with Crippen LogP contribution in [0.4, 0.5) is 0 Å². The zero-order chi connectivity index (χ0) is 24.8. The first-order valence-electron chi connectivity index (χ1n) is 12.3. The molecule has 0 fully saturated rings. The molecule has 0 aliphatic heterocycles. The standard InChI is InChI=1S/C33H23N3O/c37-33-16-7-5-12-25(33)28-18-19-30(35-28)29-14-8-13-27(34-29)22-17-20-32-26(21-22)24-11-4-6-15-31(24)36(32)23-9-2-1-3-10-23/h1-21,35,37H. The molecule has 176 valence electrons. The monoisotopic (exact) mass is 477 g/mol. The van der Waals surface area contributed by atoms with Gasteiger partial charge in [-0.3, -0.25) is 0 Å². The maximum Gasteiger partial charge on any atom is 0.124 e. The molecule has 0 aliphatic rings. The summed E-state index contributed by atoms with van der Waals surface area (Å²) in [5.41, 5.74) is 8.86. The minimum absolute atomic E-state index is 0.251. The number of benzene rings is 4. The Labute approximate surface area is 214 Å². The predicted molar refractivity (Wildman–Crippen MR) is 151 cm³/mol. The van der Waals surface area contributed by atoms with Gasteiger partial charge in [0, 0.05) is 33.3 Å². The quantitative estimate of drug-likeness (QED) is 0.268. The van der Waals surface area contributed by atoms with Crippen molar-refractivity contribution in [1.29, 1.82) is 0 Å². The van der Waals surface area contributed by atoms with Gasteiger partial charge in [0.1, 0.15) is 5.75 Å². The van der Waals surface area contributed by atoms with Crippen LogP contribution in [0.25, 0.3) is 61.4 Å². The normalized spacial score (nSPS) is 11.4. The van der Waals surface area contributed by atoms with Crippen LogP contribution in [0.3, 0.4) is 0 Å². The Morgan fingerprint density at radius 2 is 1.30 bits per heavy atom. The lowest BCUT2D eigenvalue weighted by Gasteiger charge is -2.08. The van der Waals surface area contributed by atoms with Gasteiger partial charge in [-0.05, 0) is 66.7 Å². The van der Waals surface area contributed by atoms with Gasteiger partial charge in [0.15, 0.2) is 0 Å². The van der Waals surface area contributed by atoms with Crippen LogP contribution in [0.5, 0.6) is 5.75 Å². The average Bonchev–Trinajstić information content (AvgIpc) is 3.57. The molecule has 3 aromatic heterocycles. The van der Waals surface area contributed by atoms with Gasteiger partial charge in [0.2, 0.25) is 0 Å². The van der Waals surface area contributed by atoms with Gasteiger partial charge >= 0.3 is 0 Å². The number of nitrogens with one attached hydrogen (secondary N) is 1. The SMILES string of the molecule is Oc1ccccc1-c1ccc(-c2cccc(-c3ccc4c(c3)c3ccccc3n4-c3ccccc3)n2)[nH]1. The molecule has 0 unspecified atom stereocenters. The van der Waals surface area contributed by atoms with Crippen LogP contribution < -0.4 is 0 Å². The second-order valence-corrected chi connectivity index (χ2v) is 9.13. The van der Waals surface area contributed by atoms with Crippen molar-refractivity contribution in [2.75, 3.05) is 0 Å². The molecule has 2 N–H and O–H groups in total. The largest absolute Gasteiger partial charge is 0.507 e. The molecule has 0 saturated heterocycles. The lowest BCUT2D eigenvalue weighted by molar-refractivity contribution is 0.477. The second kappa shape index (κ2) is 8.54. The first-order chi connectivity index (χ1) is 18.3. The summed E-state index contributed by atoms with van der Waals surface area (Å²) in [6.07, 6.45) is 0. The van der Waals surface area contributed by atoms with E-state index < -0.39 is 0 Å². The summed E-state index contributed by atoms with van der Waals surface area (Å²) in [5.74, 6) is 0.251. The minimum Gasteiger partial charge on any atom is -0.507 e. The highest BCUT2D eigenvalue weighted by molar-refractivity contribution is 6.10. The molecule has 3 heterocycles. The van der Waals surface area contributed by atoms with E-state index in [2.05, 4.69) is 76.3 Å². The third-order valence-electron chi connectivity index (χ3n) is 6.89. The van der Waals surface area contributed by atoms with E-state index in [0.29, 0.717) is 0 Å². The van der Waals surface area contributed by atoms with Crippen LogP contribution >= 0.6 is 0 Å². The number of hydrogen-bond donors (Lipinski definition) is 2. The molecule has 0 aliphatic carbocycles. The van der Waals surface area contributed by atoms with E-state index >= 15 is 0 Å². The number of aromatic nitrogens is 3. The minimum atomic E-state index is 0.251. The number of fused-ring (bicyclic) bond motifs is 3. The smallest absolute Gasteiger partial charge is 0.124 e. The van der Waals surface area contributed by atoms with Crippen LogP contribution in [-0.4, -0.2) is 19.6 Å². The molecular weight excluding hydrogens is 454 g/mol. The molecule has 4 nitrogen and oxygen atoms in total. The van der Waals surface area contributed by atoms with Crippen molar-refractivity contribution in [3.63, 3.8) is 0 Å². The molecule has 37 heavy (non-hydrogen) atoms. The van der Waals surface area contributed by atoms with Gasteiger partial charge < -0.3 is 14.7 Å². The maximum atomic E-state index is 10.2. The highest BCUT2D eigenvalue weighted by Crippen LogP contribution is 2.35. The van der Waals surface area contributed by atoms with E-state index in [1.807, 2.05) is 54.6 Å². The molecule has 0 amide bonds. The first-order valence-corrected chi connectivity index (χ1v) is 12.3. The van der Waals surface area contributed by atoms with Gasteiger partial charge in [-0.25, -0.2) is 4.98 Å². The summed E-state index contributed by atoms with van der Waals surface area (Å²) in [6, 6.07) is 43.0. The van der Waals surface area contributed by atoms with Gasteiger partial charge in [0.05, 0.1) is 28.1 Å². The van der Waals surface area contributed by atoms with Crippen LogP contribution in [0.1, 0.15) is 0 Å². The highest BCUT2D eigenvalue weighted by atomic mass is 16.3. The third-order valence-corrected chi connectivity index (χ3v) is 6.89. The molecule has 4 heteroatoms. The molecule has 0 bridgehead atoms. The number of aromatic hydroxyl groups is 1. The topological polar surface area (TPSA) is 53.8 Å². The van der Waals surface area contributed by atoms with E-state index in [1.165, 1.54) is 21.8 Å². The number of nitrogens with zero attached hydrogens (tertiary/aromatic N) is 2. The summed E-state index contributed by atoms with van der Waals surface area (Å²) in [6.45, 7) is 0. The van der Waals surface area contributed by atoms with E-state index in [1.54, 1.807) is 6.07 Å². The van der Waals surface area contributed by atoms with E-state index in [4.69, 9.17) is 4.98 Å². The Balaban J connectivity index is 1.33. The summed E-state index contributed by atoms with van der Waals surface area (Å²) < 4.78 is 2.32. The highest BCUT2D eigenvalue weighted by Gasteiger charge is 2.14. The second-order valence-electron chi connectivity index (χ2n) is 9.13. The summed E-state index contributed by atoms with van der Waals surface area (Å²) in [4.78, 5) is 8.41. The molecular formula is C33H23N3O. The lowest BCUT2D eigenvalue weighted by atomic mass is 10.1. The van der Waals surface area contributed by atoms with E-state index in [-0.39, 0.29) is 5.75 Å². The number of pyridine rings is 1. The molecule has 7 aromatic rings. The third kappa shape index (κ3) is 3.58. The summed E-state index contributed by atoms with van der Waals surface area (Å²) >= 11 is 0. The van der Waals surface area contributed by atoms with Crippen LogP contribution in [-0.2, 0) is 0 Å². The number of H-pyrrole nitrogens is 1. The molecule has 0 spiro atoms. The average molecular weight is 478 g/mol. The van der Waals surface area contributed by atoms with E-state index in [9.17, 15) is 5.11 Å². The maximum absolute atomic E-state index is 10.2. The summed E-state index contributed by atoms with van der Waals surface area (Å²) in [7, 11) is 0. The fourth-order valence-electron chi connectivity index (χ4n) is 5.14. The van der Waals surface area contributed by atoms with Crippen molar-refractivity contribution in [2.45, 2.75) is 0 Å². The Morgan fingerprint density at radius 3 is 2.19 bits per heavy atom. The van der Waals surface area contributed by atoms with Crippen molar-refractivity contribution in [3.05, 3.63) is 127 Å². The van der Waals surface area contributed by atoms with Gasteiger partial charge in [0.25, 0.3) is 0 Å². The van der Waals surface area contributed by atoms with Gasteiger partial charge in [-0.15, -0.1) is 0 Å². The van der Waals surface area contributed by atoms with E-state index in [0.717, 1.165) is 39.6 Å². The predicted octanol–water partition coefficient (Wildman–Crippen LogP) is 8.21. The van der Waals surface area contributed by atoms with Crippen LogP contribution in [0.15, 0.2) is 127 Å². The number of aromatic amines is 1. The zero-order valence-corrected chi connectivity index (χ0v) is 20.0. The Bertz CT molecular complexity index is 1900. The van der Waals surface area contributed by atoms with Crippen LogP contribution in [0.2, 0.25) is 0 Å². The zero-order valence-electron chi connectivity index (χ0n) is 20.0. The number of rotatable bonds is 4. The summed E-state index contributed by atoms with van der Waals surface area (Å²) in [5, 5.41) is 12.7. The molecule has 7 rings (SSSR count). The Hall–Kier alpha value is -5.09. The molecule has 0 radical (unpaired) electrons. The van der Waals surface area contributed by atoms with Crippen LogP contribution in [0, 0.1) is 0 Å². The molecule has 4 aromatic carbocycles. The number of para-hydroxylation sites is 3. The number of hydrogen-bond acceptors (Lipinski definition) is 2.